The number of alkyl halides is 3. The van der Waals surface area contributed by atoms with E-state index in [1.165, 1.54) is 18.3 Å². The molecule has 0 bridgehead atoms. The van der Waals surface area contributed by atoms with Gasteiger partial charge in [-0.2, -0.15) is 0 Å². The number of hydrogen-bond donors (Lipinski definition) is 2. The molecule has 0 spiro atoms. The van der Waals surface area contributed by atoms with Crippen molar-refractivity contribution in [3.8, 4) is 5.75 Å². The van der Waals surface area contributed by atoms with E-state index < -0.39 is 12.3 Å². The van der Waals surface area contributed by atoms with Crippen molar-refractivity contribution >= 4 is 17.4 Å². The summed E-state index contributed by atoms with van der Waals surface area (Å²) in [4.78, 5) is 16.1. The number of amides is 1. The highest BCUT2D eigenvalue weighted by molar-refractivity contribution is 6.07. The zero-order valence-electron chi connectivity index (χ0n) is 11.4. The molecule has 22 heavy (non-hydrogen) atoms. The van der Waals surface area contributed by atoms with E-state index in [2.05, 4.69) is 20.4 Å². The predicted molar refractivity (Wildman–Crippen MR) is 74.9 cm³/mol. The topological polar surface area (TPSA) is 63.2 Å². The summed E-state index contributed by atoms with van der Waals surface area (Å²) in [6, 6.07) is 8.05. The maximum Gasteiger partial charge on any atom is 0.573 e. The minimum absolute atomic E-state index is 0.320. The number of rotatable bonds is 4. The molecule has 1 heterocycles. The zero-order valence-corrected chi connectivity index (χ0v) is 11.4. The number of carbonyl (C=O) groups excluding carboxylic acids is 1. The Morgan fingerprint density at radius 3 is 2.45 bits per heavy atom. The smallest absolute Gasteiger partial charge is 0.406 e. The summed E-state index contributed by atoms with van der Waals surface area (Å²) in [5.74, 6) is -0.387. The van der Waals surface area contributed by atoms with Crippen molar-refractivity contribution in [1.82, 2.24) is 4.98 Å². The van der Waals surface area contributed by atoms with Gasteiger partial charge in [-0.05, 0) is 36.4 Å². The fourth-order valence-corrected chi connectivity index (χ4v) is 1.73. The minimum atomic E-state index is -4.75. The molecule has 0 aliphatic carbocycles. The summed E-state index contributed by atoms with van der Waals surface area (Å²) in [7, 11) is 1.63. The fraction of sp³-hybridized carbons (Fsp3) is 0.143. The van der Waals surface area contributed by atoms with E-state index in [9.17, 15) is 18.0 Å². The molecule has 2 N–H and O–H groups in total. The van der Waals surface area contributed by atoms with Crippen LogP contribution in [0.2, 0.25) is 0 Å². The van der Waals surface area contributed by atoms with Gasteiger partial charge in [0.1, 0.15) is 11.6 Å². The Kier molecular flexibility index (Phi) is 4.50. The SMILES string of the molecule is CNc1ncccc1C(=O)Nc1ccc(OC(F)(F)F)cc1. The Hall–Kier alpha value is -2.77. The lowest BCUT2D eigenvalue weighted by Crippen LogP contribution is -2.17. The summed E-state index contributed by atoms with van der Waals surface area (Å²) in [5, 5.41) is 5.35. The first-order valence-corrected chi connectivity index (χ1v) is 6.19. The molecule has 2 rings (SSSR count). The van der Waals surface area contributed by atoms with Gasteiger partial charge in [0.15, 0.2) is 0 Å². The van der Waals surface area contributed by atoms with Crippen LogP contribution in [0.4, 0.5) is 24.7 Å². The molecule has 0 fully saturated rings. The number of anilines is 2. The highest BCUT2D eigenvalue weighted by Gasteiger charge is 2.30. The summed E-state index contributed by atoms with van der Waals surface area (Å²) in [6.45, 7) is 0. The molecule has 1 aromatic carbocycles. The lowest BCUT2D eigenvalue weighted by Gasteiger charge is -2.11. The second kappa shape index (κ2) is 6.33. The summed E-state index contributed by atoms with van der Waals surface area (Å²) < 4.78 is 39.9. The third kappa shape index (κ3) is 4.11. The van der Waals surface area contributed by atoms with Gasteiger partial charge in [-0.3, -0.25) is 4.79 Å². The number of benzene rings is 1. The van der Waals surface area contributed by atoms with Crippen molar-refractivity contribution in [2.24, 2.45) is 0 Å². The van der Waals surface area contributed by atoms with Gasteiger partial charge < -0.3 is 15.4 Å². The van der Waals surface area contributed by atoms with Gasteiger partial charge in [0.25, 0.3) is 5.91 Å². The van der Waals surface area contributed by atoms with Crippen LogP contribution in [0, 0.1) is 0 Å². The van der Waals surface area contributed by atoms with E-state index in [1.807, 2.05) is 0 Å². The van der Waals surface area contributed by atoms with Gasteiger partial charge in [-0.25, -0.2) is 4.98 Å². The molecule has 8 heteroatoms. The fourth-order valence-electron chi connectivity index (χ4n) is 1.73. The molecule has 0 radical (unpaired) electrons. The first-order valence-electron chi connectivity index (χ1n) is 6.19. The van der Waals surface area contributed by atoms with E-state index in [0.29, 0.717) is 17.1 Å². The Bertz CT molecular complexity index is 657. The van der Waals surface area contributed by atoms with Gasteiger partial charge in [-0.1, -0.05) is 0 Å². The molecule has 0 saturated heterocycles. The van der Waals surface area contributed by atoms with E-state index in [0.717, 1.165) is 12.1 Å². The largest absolute Gasteiger partial charge is 0.573 e. The minimum Gasteiger partial charge on any atom is -0.406 e. The zero-order chi connectivity index (χ0) is 16.2. The predicted octanol–water partition coefficient (Wildman–Crippen LogP) is 3.27. The second-order valence-corrected chi connectivity index (χ2v) is 4.18. The molecule has 1 aromatic heterocycles. The third-order valence-corrected chi connectivity index (χ3v) is 2.63. The maximum absolute atomic E-state index is 12.1. The highest BCUT2D eigenvalue weighted by Crippen LogP contribution is 2.24. The normalized spacial score (nSPS) is 10.9. The molecular weight excluding hydrogens is 299 g/mol. The van der Waals surface area contributed by atoms with Crippen LogP contribution in [0.3, 0.4) is 0 Å². The molecule has 0 aliphatic heterocycles. The number of halogens is 3. The average molecular weight is 311 g/mol. The van der Waals surface area contributed by atoms with E-state index >= 15 is 0 Å². The van der Waals surface area contributed by atoms with Crippen molar-refractivity contribution in [3.63, 3.8) is 0 Å². The van der Waals surface area contributed by atoms with Gasteiger partial charge in [0.05, 0.1) is 5.56 Å². The molecule has 1 amide bonds. The van der Waals surface area contributed by atoms with Crippen molar-refractivity contribution in [1.29, 1.82) is 0 Å². The molecule has 2 aromatic rings. The molecule has 0 aliphatic rings. The van der Waals surface area contributed by atoms with Crippen LogP contribution in [0.25, 0.3) is 0 Å². The molecule has 5 nitrogen and oxygen atoms in total. The van der Waals surface area contributed by atoms with Crippen LogP contribution in [-0.2, 0) is 0 Å². The Morgan fingerprint density at radius 2 is 1.86 bits per heavy atom. The summed E-state index contributed by atoms with van der Waals surface area (Å²) in [5.41, 5.74) is 0.658. The third-order valence-electron chi connectivity index (χ3n) is 2.63. The highest BCUT2D eigenvalue weighted by atomic mass is 19.4. The average Bonchev–Trinajstić information content (AvgIpc) is 2.47. The van der Waals surface area contributed by atoms with Crippen molar-refractivity contribution in [2.75, 3.05) is 17.7 Å². The quantitative estimate of drug-likeness (QED) is 0.909. The van der Waals surface area contributed by atoms with Crippen LogP contribution < -0.4 is 15.4 Å². The molecule has 0 saturated carbocycles. The lowest BCUT2D eigenvalue weighted by molar-refractivity contribution is -0.274. The number of pyridine rings is 1. The van der Waals surface area contributed by atoms with Crippen LogP contribution in [-0.4, -0.2) is 24.3 Å². The standard InChI is InChI=1S/C14H12F3N3O2/c1-18-12-11(3-2-8-19-12)13(21)20-9-4-6-10(7-5-9)22-14(15,16)17/h2-8H,1H3,(H,18,19)(H,20,21). The van der Waals surface area contributed by atoms with E-state index in [1.54, 1.807) is 19.2 Å². The monoisotopic (exact) mass is 311 g/mol. The first-order chi connectivity index (χ1) is 10.4. The Labute approximate surface area is 124 Å². The number of hydrogen-bond acceptors (Lipinski definition) is 4. The van der Waals surface area contributed by atoms with Gasteiger partial charge in [0, 0.05) is 18.9 Å². The number of carbonyl (C=O) groups is 1. The van der Waals surface area contributed by atoms with E-state index in [-0.39, 0.29) is 5.75 Å². The van der Waals surface area contributed by atoms with Gasteiger partial charge >= 0.3 is 6.36 Å². The van der Waals surface area contributed by atoms with Crippen molar-refractivity contribution < 1.29 is 22.7 Å². The van der Waals surface area contributed by atoms with Gasteiger partial charge in [-0.15, -0.1) is 13.2 Å². The van der Waals surface area contributed by atoms with Crippen LogP contribution in [0.15, 0.2) is 42.6 Å². The Balaban J connectivity index is 2.09. The summed E-state index contributed by atoms with van der Waals surface area (Å²) in [6.07, 6.45) is -3.21. The maximum atomic E-state index is 12.1. The molecule has 0 unspecified atom stereocenters. The number of aromatic nitrogens is 1. The van der Waals surface area contributed by atoms with Crippen LogP contribution in [0.5, 0.6) is 5.75 Å². The van der Waals surface area contributed by atoms with Crippen molar-refractivity contribution in [2.45, 2.75) is 6.36 Å². The first kappa shape index (κ1) is 15.6. The van der Waals surface area contributed by atoms with Crippen LogP contribution in [0.1, 0.15) is 10.4 Å². The van der Waals surface area contributed by atoms with Gasteiger partial charge in [0.2, 0.25) is 0 Å². The lowest BCUT2D eigenvalue weighted by atomic mass is 10.2. The van der Waals surface area contributed by atoms with Crippen molar-refractivity contribution in [3.05, 3.63) is 48.2 Å². The van der Waals surface area contributed by atoms with E-state index in [4.69, 9.17) is 0 Å². The summed E-state index contributed by atoms with van der Waals surface area (Å²) >= 11 is 0. The Morgan fingerprint density at radius 1 is 1.18 bits per heavy atom. The number of nitrogens with one attached hydrogen (secondary N) is 2. The number of ether oxygens (including phenoxy) is 1. The number of nitrogens with zero attached hydrogens (tertiary/aromatic N) is 1. The molecule has 0 atom stereocenters. The van der Waals surface area contributed by atoms with Crippen LogP contribution >= 0.6 is 0 Å². The second-order valence-electron chi connectivity index (χ2n) is 4.18. The molecular formula is C14H12F3N3O2. The molecule has 116 valence electrons.